The van der Waals surface area contributed by atoms with Crippen LogP contribution in [-0.2, 0) is 16.0 Å². The first kappa shape index (κ1) is 31.6. The van der Waals surface area contributed by atoms with Crippen molar-refractivity contribution in [2.75, 3.05) is 49.6 Å². The fourth-order valence-electron chi connectivity index (χ4n) is 6.68. The van der Waals surface area contributed by atoms with Gasteiger partial charge in [-0.05, 0) is 69.5 Å². The number of likely N-dealkylation sites (tertiary alicyclic amines) is 1. The van der Waals surface area contributed by atoms with Crippen LogP contribution in [0.5, 0.6) is 5.75 Å². The summed E-state index contributed by atoms with van der Waals surface area (Å²) in [4.78, 5) is 39.4. The Morgan fingerprint density at radius 2 is 1.85 bits per heavy atom. The summed E-state index contributed by atoms with van der Waals surface area (Å²) in [6.07, 6.45) is 1.31. The van der Waals surface area contributed by atoms with Crippen LogP contribution in [0.4, 0.5) is 16.2 Å². The Kier molecular flexibility index (Phi) is 8.47. The van der Waals surface area contributed by atoms with Crippen LogP contribution >= 0.6 is 0 Å². The fraction of sp³-hybridized carbons (Fsp3) is 0.378. The summed E-state index contributed by atoms with van der Waals surface area (Å²) in [6, 6.07) is 21.4. The van der Waals surface area contributed by atoms with E-state index in [9.17, 15) is 14.7 Å². The number of H-pyrrole nitrogens is 1. The van der Waals surface area contributed by atoms with E-state index in [2.05, 4.69) is 15.2 Å². The van der Waals surface area contributed by atoms with Crippen LogP contribution in [-0.4, -0.2) is 81.7 Å². The lowest BCUT2D eigenvalue weighted by molar-refractivity contribution is 0.0206. The zero-order valence-corrected chi connectivity index (χ0v) is 27.7. The van der Waals surface area contributed by atoms with E-state index in [0.717, 1.165) is 42.7 Å². The summed E-state index contributed by atoms with van der Waals surface area (Å²) >= 11 is 0. The molecule has 1 atom stereocenters. The molecule has 250 valence electrons. The van der Waals surface area contributed by atoms with Crippen molar-refractivity contribution in [1.82, 2.24) is 19.4 Å². The van der Waals surface area contributed by atoms with E-state index in [1.807, 2.05) is 87.5 Å². The van der Waals surface area contributed by atoms with Crippen molar-refractivity contribution in [3.63, 3.8) is 0 Å². The van der Waals surface area contributed by atoms with Gasteiger partial charge >= 0.3 is 6.09 Å². The molecule has 1 unspecified atom stereocenters. The smallest absolute Gasteiger partial charge is 0.410 e. The number of aromatic nitrogens is 3. The molecule has 4 heterocycles. The van der Waals surface area contributed by atoms with Crippen LogP contribution < -0.4 is 15.8 Å². The second-order valence-electron chi connectivity index (χ2n) is 13.6. The van der Waals surface area contributed by atoms with Gasteiger partial charge in [0, 0.05) is 43.6 Å². The van der Waals surface area contributed by atoms with Crippen LogP contribution in [0.3, 0.4) is 0 Å². The van der Waals surface area contributed by atoms with Crippen molar-refractivity contribution >= 4 is 39.4 Å². The minimum absolute atomic E-state index is 0.0842. The highest BCUT2D eigenvalue weighted by molar-refractivity contribution is 6.01. The number of amides is 1. The first-order chi connectivity index (χ1) is 23.1. The number of ether oxygens (including phenoxy) is 2. The molecule has 11 nitrogen and oxygen atoms in total. The molecule has 2 aromatic heterocycles. The molecule has 1 amide bonds. The zero-order chi connectivity index (χ0) is 33.4. The maximum atomic E-state index is 14.4. The van der Waals surface area contributed by atoms with Crippen molar-refractivity contribution in [1.29, 1.82) is 0 Å². The lowest BCUT2D eigenvalue weighted by Crippen LogP contribution is -2.47. The number of carbonyl (C=O) groups excluding carboxylic acids is 1. The van der Waals surface area contributed by atoms with Crippen molar-refractivity contribution in [3.8, 4) is 17.1 Å². The Morgan fingerprint density at radius 3 is 2.62 bits per heavy atom. The monoisotopic (exact) mass is 650 g/mol. The molecule has 7 rings (SSSR count). The van der Waals surface area contributed by atoms with Crippen molar-refractivity contribution in [2.24, 2.45) is 0 Å². The highest BCUT2D eigenvalue weighted by Gasteiger charge is 2.29. The van der Waals surface area contributed by atoms with Gasteiger partial charge < -0.3 is 39.2 Å². The Hall–Kier alpha value is -5.03. The minimum Gasteiger partial charge on any atom is -0.506 e. The van der Waals surface area contributed by atoms with Gasteiger partial charge in [-0.2, -0.15) is 0 Å². The number of morpholine rings is 1. The molecule has 2 aliphatic heterocycles. The topological polar surface area (TPSA) is 125 Å². The van der Waals surface area contributed by atoms with E-state index in [4.69, 9.17) is 14.5 Å². The molecule has 48 heavy (non-hydrogen) atoms. The maximum absolute atomic E-state index is 14.4. The third kappa shape index (κ3) is 6.42. The second-order valence-corrected chi connectivity index (χ2v) is 13.6. The number of pyridine rings is 1. The molecule has 2 saturated heterocycles. The molecule has 2 aliphatic rings. The number of hydrogen-bond donors (Lipinski definition) is 3. The van der Waals surface area contributed by atoms with Crippen molar-refractivity contribution in [3.05, 3.63) is 82.6 Å². The Morgan fingerprint density at radius 1 is 1.06 bits per heavy atom. The number of carbonyl (C=O) groups is 1. The third-order valence-electron chi connectivity index (χ3n) is 8.96. The molecule has 0 radical (unpaired) electrons. The van der Waals surface area contributed by atoms with Gasteiger partial charge in [-0.3, -0.25) is 4.79 Å². The predicted octanol–water partition coefficient (Wildman–Crippen LogP) is 5.95. The van der Waals surface area contributed by atoms with E-state index >= 15 is 0 Å². The summed E-state index contributed by atoms with van der Waals surface area (Å²) in [5.74, 6) is 0.161. The van der Waals surface area contributed by atoms with E-state index in [0.29, 0.717) is 60.8 Å². The molecule has 2 fully saturated rings. The SMILES string of the molecule is CC(C)(C)OC(=O)N1CCCC(Nc2cccc3c2c(O)c(-c2nc4ccc(N5CCOCC5)cc4[nH]2)c(=O)n3Cc2ccccc2)C1. The Balaban J connectivity index is 1.31. The highest BCUT2D eigenvalue weighted by atomic mass is 16.6. The molecular weight excluding hydrogens is 608 g/mol. The number of nitrogens with zero attached hydrogens (tertiary/aromatic N) is 4. The van der Waals surface area contributed by atoms with Crippen LogP contribution in [0.25, 0.3) is 33.3 Å². The first-order valence-electron chi connectivity index (χ1n) is 16.6. The number of anilines is 2. The average Bonchev–Trinajstić information content (AvgIpc) is 3.50. The largest absolute Gasteiger partial charge is 0.506 e. The normalized spacial score (nSPS) is 17.2. The zero-order valence-electron chi connectivity index (χ0n) is 27.7. The molecule has 5 aromatic rings. The van der Waals surface area contributed by atoms with E-state index in [1.165, 1.54) is 0 Å². The van der Waals surface area contributed by atoms with Gasteiger partial charge in [0.05, 0.1) is 41.7 Å². The quantitative estimate of drug-likeness (QED) is 0.206. The summed E-state index contributed by atoms with van der Waals surface area (Å²) in [5, 5.41) is 16.1. The van der Waals surface area contributed by atoms with Crippen LogP contribution in [0.15, 0.2) is 71.5 Å². The number of aromatic hydroxyl groups is 1. The lowest BCUT2D eigenvalue weighted by Gasteiger charge is -2.35. The Labute approximate surface area is 279 Å². The van der Waals surface area contributed by atoms with E-state index < -0.39 is 5.60 Å². The molecule has 0 spiro atoms. The number of hydrogen-bond acceptors (Lipinski definition) is 8. The van der Waals surface area contributed by atoms with E-state index in [1.54, 1.807) is 9.47 Å². The van der Waals surface area contributed by atoms with Gasteiger partial charge in [0.2, 0.25) is 0 Å². The van der Waals surface area contributed by atoms with Crippen molar-refractivity contribution < 1.29 is 19.4 Å². The van der Waals surface area contributed by atoms with Crippen LogP contribution in [0.1, 0.15) is 39.2 Å². The minimum atomic E-state index is -0.585. The maximum Gasteiger partial charge on any atom is 0.410 e. The fourth-order valence-corrected chi connectivity index (χ4v) is 6.68. The summed E-state index contributed by atoms with van der Waals surface area (Å²) in [5.41, 5.74) is 3.93. The molecule has 0 bridgehead atoms. The third-order valence-corrected chi connectivity index (χ3v) is 8.96. The molecule has 0 saturated carbocycles. The van der Waals surface area contributed by atoms with Crippen LogP contribution in [0.2, 0.25) is 0 Å². The van der Waals surface area contributed by atoms with E-state index in [-0.39, 0.29) is 29.0 Å². The van der Waals surface area contributed by atoms with Gasteiger partial charge in [0.25, 0.3) is 5.56 Å². The summed E-state index contributed by atoms with van der Waals surface area (Å²) in [6.45, 7) is 9.92. The number of benzene rings is 3. The molecule has 11 heteroatoms. The number of fused-ring (bicyclic) bond motifs is 2. The first-order valence-corrected chi connectivity index (χ1v) is 16.6. The number of aromatic amines is 1. The molecule has 3 N–H and O–H groups in total. The number of imidazole rings is 1. The Bertz CT molecular complexity index is 2010. The number of nitrogens with one attached hydrogen (secondary N) is 2. The average molecular weight is 651 g/mol. The molecule has 3 aromatic carbocycles. The van der Waals surface area contributed by atoms with Crippen molar-refractivity contribution in [2.45, 2.75) is 51.8 Å². The number of piperidine rings is 1. The van der Waals surface area contributed by atoms with Gasteiger partial charge in [0.15, 0.2) is 0 Å². The molecular formula is C37H42N6O5. The van der Waals surface area contributed by atoms with Gasteiger partial charge in [-0.1, -0.05) is 36.4 Å². The van der Waals surface area contributed by atoms with Crippen LogP contribution in [0, 0.1) is 0 Å². The van der Waals surface area contributed by atoms with Gasteiger partial charge in [0.1, 0.15) is 22.7 Å². The summed E-state index contributed by atoms with van der Waals surface area (Å²) < 4.78 is 12.9. The predicted molar refractivity (Wildman–Crippen MR) is 188 cm³/mol. The number of rotatable bonds is 6. The van der Waals surface area contributed by atoms with Gasteiger partial charge in [-0.15, -0.1) is 0 Å². The van der Waals surface area contributed by atoms with Gasteiger partial charge in [-0.25, -0.2) is 9.78 Å². The lowest BCUT2D eigenvalue weighted by atomic mass is 10.0. The molecule has 0 aliphatic carbocycles. The highest BCUT2D eigenvalue weighted by Crippen LogP contribution is 2.38. The summed E-state index contributed by atoms with van der Waals surface area (Å²) in [7, 11) is 0. The standard InChI is InChI=1S/C37H42N6O5/c1-37(2,3)48-36(46)42-16-8-11-25(23-42)38-28-12-7-13-30-31(28)33(44)32(35(45)43(30)22-24-9-5-4-6-10-24)34-39-27-15-14-26(21-29(27)40-34)41-17-19-47-20-18-41/h4-7,9-10,12-15,21,25,38,44H,8,11,16-20,22-23H2,1-3H3,(H,39,40). The second kappa shape index (κ2) is 12.9.